The van der Waals surface area contributed by atoms with E-state index in [1.54, 1.807) is 17.5 Å². The van der Waals surface area contributed by atoms with E-state index in [0.29, 0.717) is 0 Å². The van der Waals surface area contributed by atoms with Crippen LogP contribution in [0.4, 0.5) is 0 Å². The summed E-state index contributed by atoms with van der Waals surface area (Å²) < 4.78 is 1.01. The number of hydrogen-bond donors (Lipinski definition) is 1. The zero-order valence-corrected chi connectivity index (χ0v) is 10.9. The Morgan fingerprint density at radius 3 is 3.19 bits per heavy atom. The van der Waals surface area contributed by atoms with E-state index in [4.69, 9.17) is 0 Å². The number of fused-ring (bicyclic) bond motifs is 1. The number of aromatic nitrogens is 2. The van der Waals surface area contributed by atoms with Gasteiger partial charge in [-0.15, -0.1) is 11.3 Å². The van der Waals surface area contributed by atoms with E-state index >= 15 is 0 Å². The monoisotopic (exact) mass is 295 g/mol. The molecule has 3 heterocycles. The first kappa shape index (κ1) is 10.4. The Morgan fingerprint density at radius 1 is 1.44 bits per heavy atom. The van der Waals surface area contributed by atoms with Gasteiger partial charge < -0.3 is 5.32 Å². The summed E-state index contributed by atoms with van der Waals surface area (Å²) in [6.07, 6.45) is 2.83. The minimum absolute atomic E-state index is 0.942. The summed E-state index contributed by atoms with van der Waals surface area (Å²) in [7, 11) is 0. The van der Waals surface area contributed by atoms with Crippen LogP contribution in [0.25, 0.3) is 10.7 Å². The summed E-state index contributed by atoms with van der Waals surface area (Å²) in [5.74, 6) is 0. The van der Waals surface area contributed by atoms with Gasteiger partial charge in [-0.25, -0.2) is 4.98 Å². The predicted molar refractivity (Wildman–Crippen MR) is 68.5 cm³/mol. The van der Waals surface area contributed by atoms with Crippen molar-refractivity contribution in [3.05, 3.63) is 33.4 Å². The number of rotatable bonds is 1. The van der Waals surface area contributed by atoms with E-state index in [1.807, 2.05) is 12.1 Å². The highest BCUT2D eigenvalue weighted by Gasteiger charge is 2.17. The summed E-state index contributed by atoms with van der Waals surface area (Å²) >= 11 is 5.25. The van der Waals surface area contributed by atoms with Gasteiger partial charge >= 0.3 is 0 Å². The molecule has 0 unspecified atom stereocenters. The van der Waals surface area contributed by atoms with Crippen LogP contribution < -0.4 is 5.32 Å². The maximum absolute atomic E-state index is 4.67. The van der Waals surface area contributed by atoms with Crippen molar-refractivity contribution in [1.82, 2.24) is 15.3 Å². The number of thiazole rings is 1. The second-order valence-electron chi connectivity index (χ2n) is 3.65. The number of halogens is 1. The van der Waals surface area contributed by atoms with Crippen molar-refractivity contribution < 1.29 is 0 Å². The van der Waals surface area contributed by atoms with Gasteiger partial charge in [-0.05, 0) is 28.1 Å². The van der Waals surface area contributed by atoms with Crippen LogP contribution >= 0.6 is 27.3 Å². The van der Waals surface area contributed by atoms with Crippen LogP contribution in [-0.2, 0) is 13.0 Å². The average molecular weight is 296 g/mol. The molecule has 0 saturated carbocycles. The molecule has 2 aromatic heterocycles. The predicted octanol–water partition coefficient (Wildman–Crippen LogP) is 2.61. The van der Waals surface area contributed by atoms with E-state index in [9.17, 15) is 0 Å². The van der Waals surface area contributed by atoms with E-state index < -0.39 is 0 Å². The molecule has 5 heteroatoms. The average Bonchev–Trinajstić information content (AvgIpc) is 2.73. The normalized spacial score (nSPS) is 14.8. The largest absolute Gasteiger partial charge is 0.311 e. The van der Waals surface area contributed by atoms with Crippen molar-refractivity contribution in [2.24, 2.45) is 0 Å². The fourth-order valence-corrected chi connectivity index (χ4v) is 3.43. The first-order valence-electron chi connectivity index (χ1n) is 5.15. The Morgan fingerprint density at radius 2 is 2.38 bits per heavy atom. The maximum atomic E-state index is 4.67. The fraction of sp³-hybridized carbons (Fsp3) is 0.273. The van der Waals surface area contributed by atoms with Crippen LogP contribution in [0.5, 0.6) is 0 Å². The van der Waals surface area contributed by atoms with Gasteiger partial charge in [0.15, 0.2) is 0 Å². The van der Waals surface area contributed by atoms with Crippen LogP contribution in [-0.4, -0.2) is 16.5 Å². The quantitative estimate of drug-likeness (QED) is 0.879. The standard InChI is InChI=1S/C11H10BrN3S/c12-7-2-1-4-14-10(7)11-15-8-3-5-13-6-9(8)16-11/h1-2,4,13H,3,5-6H2. The minimum Gasteiger partial charge on any atom is -0.311 e. The zero-order chi connectivity index (χ0) is 11.0. The van der Waals surface area contributed by atoms with Gasteiger partial charge in [0.25, 0.3) is 0 Å². The molecule has 1 aliphatic rings. The van der Waals surface area contributed by atoms with E-state index in [2.05, 4.69) is 31.2 Å². The summed E-state index contributed by atoms with van der Waals surface area (Å²) in [5, 5.41) is 4.37. The summed E-state index contributed by atoms with van der Waals surface area (Å²) in [6, 6.07) is 3.92. The number of nitrogens with one attached hydrogen (secondary N) is 1. The molecule has 0 fully saturated rings. The molecule has 82 valence electrons. The molecule has 0 bridgehead atoms. The first-order valence-corrected chi connectivity index (χ1v) is 6.76. The highest BCUT2D eigenvalue weighted by Crippen LogP contribution is 2.32. The number of nitrogens with zero attached hydrogens (tertiary/aromatic N) is 2. The van der Waals surface area contributed by atoms with E-state index in [0.717, 1.165) is 34.7 Å². The molecule has 3 nitrogen and oxygen atoms in total. The lowest BCUT2D eigenvalue weighted by Crippen LogP contribution is -2.22. The van der Waals surface area contributed by atoms with Crippen LogP contribution in [0.3, 0.4) is 0 Å². The molecule has 0 saturated heterocycles. The van der Waals surface area contributed by atoms with Crippen molar-refractivity contribution in [1.29, 1.82) is 0 Å². The number of hydrogen-bond acceptors (Lipinski definition) is 4. The van der Waals surface area contributed by atoms with Gasteiger partial charge in [0.05, 0.1) is 5.69 Å². The Kier molecular flexibility index (Phi) is 2.75. The van der Waals surface area contributed by atoms with Crippen LogP contribution in [0.2, 0.25) is 0 Å². The Hall–Kier alpha value is -0.780. The van der Waals surface area contributed by atoms with Crippen molar-refractivity contribution in [2.45, 2.75) is 13.0 Å². The van der Waals surface area contributed by atoms with Gasteiger partial charge in [0, 0.05) is 35.1 Å². The molecule has 0 radical (unpaired) electrons. The molecule has 1 aliphatic heterocycles. The second kappa shape index (κ2) is 4.24. The third kappa shape index (κ3) is 1.79. The van der Waals surface area contributed by atoms with Gasteiger partial charge in [0.2, 0.25) is 0 Å². The molecule has 0 spiro atoms. The van der Waals surface area contributed by atoms with Crippen molar-refractivity contribution in [2.75, 3.05) is 6.54 Å². The first-order chi connectivity index (χ1) is 7.84. The molecule has 0 amide bonds. The van der Waals surface area contributed by atoms with E-state index in [1.165, 1.54) is 10.6 Å². The zero-order valence-electron chi connectivity index (χ0n) is 8.53. The Labute approximate surface area is 106 Å². The van der Waals surface area contributed by atoms with Crippen molar-refractivity contribution >= 4 is 27.3 Å². The van der Waals surface area contributed by atoms with Crippen LogP contribution in [0.15, 0.2) is 22.8 Å². The highest BCUT2D eigenvalue weighted by atomic mass is 79.9. The topological polar surface area (TPSA) is 37.8 Å². The summed E-state index contributed by atoms with van der Waals surface area (Å²) in [6.45, 7) is 1.97. The third-order valence-corrected chi connectivity index (χ3v) is 4.31. The SMILES string of the molecule is Brc1cccnc1-c1nc2c(s1)CNCC2. The number of pyridine rings is 1. The van der Waals surface area contributed by atoms with Crippen molar-refractivity contribution in [3.63, 3.8) is 0 Å². The molecule has 16 heavy (non-hydrogen) atoms. The highest BCUT2D eigenvalue weighted by molar-refractivity contribution is 9.10. The molecule has 2 aromatic rings. The van der Waals surface area contributed by atoms with Gasteiger partial charge in [-0.2, -0.15) is 0 Å². The van der Waals surface area contributed by atoms with Gasteiger partial charge in [0.1, 0.15) is 10.7 Å². The Balaban J connectivity index is 2.07. The molecule has 3 rings (SSSR count). The summed E-state index contributed by atoms with van der Waals surface area (Å²) in [4.78, 5) is 10.4. The van der Waals surface area contributed by atoms with Crippen molar-refractivity contribution in [3.8, 4) is 10.7 Å². The van der Waals surface area contributed by atoms with Gasteiger partial charge in [-0.3, -0.25) is 4.98 Å². The smallest absolute Gasteiger partial charge is 0.143 e. The molecule has 1 N–H and O–H groups in total. The fourth-order valence-electron chi connectivity index (χ4n) is 1.77. The minimum atomic E-state index is 0.942. The Bertz CT molecular complexity index is 500. The second-order valence-corrected chi connectivity index (χ2v) is 5.59. The van der Waals surface area contributed by atoms with Crippen LogP contribution in [0, 0.1) is 0 Å². The third-order valence-electron chi connectivity index (χ3n) is 2.56. The van der Waals surface area contributed by atoms with E-state index in [-0.39, 0.29) is 0 Å². The molecule has 0 aliphatic carbocycles. The lowest BCUT2D eigenvalue weighted by molar-refractivity contribution is 0.644. The molecular weight excluding hydrogens is 286 g/mol. The lowest BCUT2D eigenvalue weighted by atomic mass is 10.2. The lowest BCUT2D eigenvalue weighted by Gasteiger charge is -2.09. The maximum Gasteiger partial charge on any atom is 0.143 e. The summed E-state index contributed by atoms with van der Waals surface area (Å²) in [5.41, 5.74) is 2.18. The molecule has 0 aromatic carbocycles. The van der Waals surface area contributed by atoms with Crippen LogP contribution in [0.1, 0.15) is 10.6 Å². The van der Waals surface area contributed by atoms with Gasteiger partial charge in [-0.1, -0.05) is 0 Å². The molecular formula is C11H10BrN3S. The molecule has 0 atom stereocenters.